The summed E-state index contributed by atoms with van der Waals surface area (Å²) in [4.78, 5) is 40.5. The summed E-state index contributed by atoms with van der Waals surface area (Å²) in [5.74, 6) is -0.147. The van der Waals surface area contributed by atoms with Crippen molar-refractivity contribution in [1.29, 1.82) is 0 Å². The number of nitrogens with one attached hydrogen (secondary N) is 1. The van der Waals surface area contributed by atoms with Crippen molar-refractivity contribution in [2.75, 3.05) is 11.1 Å². The Balaban J connectivity index is 1.53. The topological polar surface area (TPSA) is 69.7 Å². The normalized spacial score (nSPS) is 26.0. The fourth-order valence-electron chi connectivity index (χ4n) is 3.93. The van der Waals surface area contributed by atoms with Gasteiger partial charge >= 0.3 is 6.03 Å². The van der Waals surface area contributed by atoms with Crippen molar-refractivity contribution in [3.05, 3.63) is 64.7 Å². The number of thioether (sulfide) groups is 1. The predicted octanol–water partition coefficient (Wildman–Crippen LogP) is 3.02. The number of fused-ring (bicyclic) bond motifs is 4. The van der Waals surface area contributed by atoms with Crippen LogP contribution in [0, 0.1) is 0 Å². The minimum Gasteiger partial charge on any atom is -0.323 e. The first-order valence-corrected chi connectivity index (χ1v) is 9.83. The maximum atomic E-state index is 13.2. The van der Waals surface area contributed by atoms with Gasteiger partial charge in [-0.15, -0.1) is 11.8 Å². The number of anilines is 1. The first-order valence-electron chi connectivity index (χ1n) is 8.46. The third-order valence-electron chi connectivity index (χ3n) is 5.19. The summed E-state index contributed by atoms with van der Waals surface area (Å²) in [6.45, 7) is 0.159. The van der Waals surface area contributed by atoms with E-state index in [4.69, 9.17) is 11.6 Å². The van der Waals surface area contributed by atoms with Gasteiger partial charge in [0.2, 0.25) is 0 Å². The molecule has 0 unspecified atom stereocenters. The molecule has 0 saturated carbocycles. The number of urea groups is 1. The smallest absolute Gasteiger partial charge is 0.323 e. The molecular formula is C19H14ClN3O3S. The van der Waals surface area contributed by atoms with Crippen LogP contribution in [0.25, 0.3) is 0 Å². The van der Waals surface area contributed by atoms with E-state index in [1.807, 2.05) is 24.3 Å². The molecule has 0 radical (unpaired) electrons. The molecule has 3 aliphatic heterocycles. The van der Waals surface area contributed by atoms with Gasteiger partial charge in [-0.1, -0.05) is 41.9 Å². The van der Waals surface area contributed by atoms with Gasteiger partial charge in [0.05, 0.1) is 6.54 Å². The van der Waals surface area contributed by atoms with E-state index >= 15 is 0 Å². The van der Waals surface area contributed by atoms with Crippen molar-refractivity contribution >= 4 is 46.9 Å². The van der Waals surface area contributed by atoms with Crippen LogP contribution in [0.15, 0.2) is 48.5 Å². The fourth-order valence-corrected chi connectivity index (χ4v) is 5.61. The van der Waals surface area contributed by atoms with E-state index in [9.17, 15) is 14.4 Å². The molecule has 8 heteroatoms. The number of nitrogens with zero attached hydrogens (tertiary/aromatic N) is 2. The second kappa shape index (κ2) is 5.74. The molecular weight excluding hydrogens is 386 g/mol. The van der Waals surface area contributed by atoms with Crippen LogP contribution in [0.2, 0.25) is 5.02 Å². The monoisotopic (exact) mass is 399 g/mol. The van der Waals surface area contributed by atoms with Crippen LogP contribution < -0.4 is 5.32 Å². The lowest BCUT2D eigenvalue weighted by Crippen LogP contribution is -2.49. The summed E-state index contributed by atoms with van der Waals surface area (Å²) in [5, 5.41) is 3.44. The Labute approximate surface area is 164 Å². The molecule has 5 rings (SSSR count). The van der Waals surface area contributed by atoms with Crippen LogP contribution in [0.5, 0.6) is 0 Å². The van der Waals surface area contributed by atoms with Gasteiger partial charge in [0.1, 0.15) is 6.04 Å². The van der Waals surface area contributed by atoms with E-state index in [2.05, 4.69) is 5.32 Å². The largest absolute Gasteiger partial charge is 0.329 e. The Hall–Kier alpha value is -2.51. The number of halogens is 1. The van der Waals surface area contributed by atoms with Gasteiger partial charge in [0, 0.05) is 22.0 Å². The molecule has 1 spiro atoms. The average molecular weight is 400 g/mol. The summed E-state index contributed by atoms with van der Waals surface area (Å²) in [5.41, 5.74) is 2.23. The maximum absolute atomic E-state index is 13.2. The maximum Gasteiger partial charge on any atom is 0.329 e. The van der Waals surface area contributed by atoms with Crippen LogP contribution in [0.3, 0.4) is 0 Å². The van der Waals surface area contributed by atoms with E-state index < -0.39 is 16.9 Å². The fraction of sp³-hybridized carbons (Fsp3) is 0.211. The average Bonchev–Trinajstić information content (AvgIpc) is 3.27. The third-order valence-corrected chi connectivity index (χ3v) is 6.95. The molecule has 2 saturated heterocycles. The van der Waals surface area contributed by atoms with Gasteiger partial charge < -0.3 is 5.32 Å². The Kier molecular flexibility index (Phi) is 3.54. The zero-order valence-corrected chi connectivity index (χ0v) is 15.6. The van der Waals surface area contributed by atoms with Crippen molar-refractivity contribution < 1.29 is 14.4 Å². The molecule has 3 heterocycles. The highest BCUT2D eigenvalue weighted by molar-refractivity contribution is 8.01. The van der Waals surface area contributed by atoms with Crippen molar-refractivity contribution in [3.63, 3.8) is 0 Å². The number of amides is 4. The molecule has 0 bridgehead atoms. The summed E-state index contributed by atoms with van der Waals surface area (Å²) in [6, 6.07) is 13.3. The number of carbonyl (C=O) groups is 3. The van der Waals surface area contributed by atoms with Crippen LogP contribution >= 0.6 is 23.4 Å². The predicted molar refractivity (Wildman–Crippen MR) is 102 cm³/mol. The second-order valence-electron chi connectivity index (χ2n) is 6.67. The first kappa shape index (κ1) is 16.6. The number of carbonyl (C=O) groups excluding carboxylic acids is 3. The highest BCUT2D eigenvalue weighted by Crippen LogP contribution is 2.55. The molecule has 0 aliphatic carbocycles. The Morgan fingerprint density at radius 3 is 2.63 bits per heavy atom. The number of imide groups is 1. The molecule has 0 aromatic heterocycles. The number of benzene rings is 2. The van der Waals surface area contributed by atoms with Gasteiger partial charge in [0.15, 0.2) is 4.87 Å². The van der Waals surface area contributed by atoms with Crippen LogP contribution in [0.1, 0.15) is 11.1 Å². The zero-order valence-electron chi connectivity index (χ0n) is 14.0. The lowest BCUT2D eigenvalue weighted by atomic mass is 10.1. The van der Waals surface area contributed by atoms with Crippen molar-refractivity contribution in [2.45, 2.75) is 17.5 Å². The molecule has 1 N–H and O–H groups in total. The van der Waals surface area contributed by atoms with Gasteiger partial charge in [0.25, 0.3) is 11.8 Å². The van der Waals surface area contributed by atoms with E-state index in [0.29, 0.717) is 16.5 Å². The third kappa shape index (κ3) is 2.18. The summed E-state index contributed by atoms with van der Waals surface area (Å²) in [7, 11) is 0. The summed E-state index contributed by atoms with van der Waals surface area (Å²) in [6.07, 6.45) is 0. The lowest BCUT2D eigenvalue weighted by Gasteiger charge is -2.31. The molecule has 2 atom stereocenters. The standard InChI is InChI=1S/C19H14ClN3O3S/c20-12-7-5-11(6-8-12)9-22-16(24)15-10-27-19(23(15)18(22)26)13-3-1-2-4-14(13)21-17(19)25/h1-8,15H,9-10H2,(H,21,25)/t15-,19+/m0/s1. The van der Waals surface area contributed by atoms with Crippen LogP contribution in [0.4, 0.5) is 10.5 Å². The summed E-state index contributed by atoms with van der Waals surface area (Å²) >= 11 is 7.25. The van der Waals surface area contributed by atoms with E-state index in [0.717, 1.165) is 11.1 Å². The zero-order chi connectivity index (χ0) is 18.8. The number of para-hydroxylation sites is 1. The minimum atomic E-state index is -1.18. The molecule has 136 valence electrons. The van der Waals surface area contributed by atoms with Crippen LogP contribution in [-0.4, -0.2) is 39.4 Å². The Morgan fingerprint density at radius 2 is 1.85 bits per heavy atom. The van der Waals surface area contributed by atoms with Gasteiger partial charge in [-0.05, 0) is 23.8 Å². The molecule has 2 fully saturated rings. The van der Waals surface area contributed by atoms with E-state index in [-0.39, 0.29) is 18.4 Å². The molecule has 27 heavy (non-hydrogen) atoms. The highest BCUT2D eigenvalue weighted by Gasteiger charge is 2.65. The number of hydrogen-bond acceptors (Lipinski definition) is 4. The minimum absolute atomic E-state index is 0.159. The van der Waals surface area contributed by atoms with Crippen molar-refractivity contribution in [2.24, 2.45) is 0 Å². The number of rotatable bonds is 2. The molecule has 3 aliphatic rings. The highest BCUT2D eigenvalue weighted by atomic mass is 35.5. The molecule has 2 aromatic rings. The molecule has 2 aromatic carbocycles. The SMILES string of the molecule is O=C1[C@@H]2CS[C@]3(C(=O)Nc4ccccc43)N2C(=O)N1Cc1ccc(Cl)cc1. The van der Waals surface area contributed by atoms with Crippen molar-refractivity contribution in [3.8, 4) is 0 Å². The first-order chi connectivity index (χ1) is 13.0. The summed E-state index contributed by atoms with van der Waals surface area (Å²) < 4.78 is 0. The quantitative estimate of drug-likeness (QED) is 0.788. The van der Waals surface area contributed by atoms with Crippen molar-refractivity contribution in [1.82, 2.24) is 9.80 Å². The second-order valence-corrected chi connectivity index (χ2v) is 8.32. The van der Waals surface area contributed by atoms with Gasteiger partial charge in [-0.3, -0.25) is 19.4 Å². The Morgan fingerprint density at radius 1 is 1.11 bits per heavy atom. The van der Waals surface area contributed by atoms with E-state index in [1.54, 1.807) is 24.3 Å². The van der Waals surface area contributed by atoms with Gasteiger partial charge in [-0.25, -0.2) is 4.79 Å². The van der Waals surface area contributed by atoms with E-state index in [1.165, 1.54) is 21.6 Å². The Bertz CT molecular complexity index is 996. The lowest BCUT2D eigenvalue weighted by molar-refractivity contribution is -0.128. The number of hydrogen-bond donors (Lipinski definition) is 1. The van der Waals surface area contributed by atoms with Crippen LogP contribution in [-0.2, 0) is 21.0 Å². The molecule has 4 amide bonds. The molecule has 6 nitrogen and oxygen atoms in total. The van der Waals surface area contributed by atoms with Gasteiger partial charge in [-0.2, -0.15) is 0 Å².